The second-order valence-corrected chi connectivity index (χ2v) is 4.72. The predicted molar refractivity (Wildman–Crippen MR) is 65.1 cm³/mol. The Morgan fingerprint density at radius 1 is 0.833 bits per heavy atom. The summed E-state index contributed by atoms with van der Waals surface area (Å²) >= 11 is 0. The van der Waals surface area contributed by atoms with Gasteiger partial charge in [0.15, 0.2) is 5.78 Å². The zero-order valence-electron chi connectivity index (χ0n) is 11.2. The number of carbonyl (C=O) groups excluding carboxylic acids is 1. The van der Waals surface area contributed by atoms with Gasteiger partial charge in [-0.15, -0.1) is 0 Å². The third-order valence-corrected chi connectivity index (χ3v) is 3.64. The molecule has 100 valence electrons. The fraction of sp³-hybridized carbons (Fsp3) is 0.500. The molecule has 18 heavy (non-hydrogen) atoms. The summed E-state index contributed by atoms with van der Waals surface area (Å²) in [7, 11) is 0. The van der Waals surface area contributed by atoms with Crippen LogP contribution in [0.15, 0.2) is 0 Å². The smallest absolute Gasteiger partial charge is 0.294 e. The Morgan fingerprint density at radius 2 is 1.17 bits per heavy atom. The predicted octanol–water partition coefficient (Wildman–Crippen LogP) is 4.36. The third kappa shape index (κ3) is 2.74. The van der Waals surface area contributed by atoms with Crippen molar-refractivity contribution in [1.82, 2.24) is 0 Å². The van der Waals surface area contributed by atoms with Gasteiger partial charge in [-0.3, -0.25) is 4.79 Å². The maximum atomic E-state index is 12.3. The van der Waals surface area contributed by atoms with Crippen LogP contribution in [-0.4, -0.2) is 12.0 Å². The highest BCUT2D eigenvalue weighted by Crippen LogP contribution is 2.30. The molecule has 0 aliphatic heterocycles. The molecule has 1 nitrogen and oxygen atoms in total. The minimum Gasteiger partial charge on any atom is -0.294 e. The lowest BCUT2D eigenvalue weighted by atomic mass is 9.87. The molecule has 0 bridgehead atoms. The molecule has 0 atom stereocenters. The summed E-state index contributed by atoms with van der Waals surface area (Å²) < 4.78 is 36.9. The molecule has 1 aromatic carbocycles. The number of halogens is 3. The van der Waals surface area contributed by atoms with E-state index < -0.39 is 18.4 Å². The van der Waals surface area contributed by atoms with Crippen LogP contribution in [-0.2, 0) is 0 Å². The van der Waals surface area contributed by atoms with Crippen molar-refractivity contribution in [1.29, 1.82) is 0 Å². The molecule has 1 rings (SSSR count). The quantitative estimate of drug-likeness (QED) is 0.720. The van der Waals surface area contributed by atoms with E-state index in [2.05, 4.69) is 0 Å². The van der Waals surface area contributed by atoms with Gasteiger partial charge in [-0.2, -0.15) is 13.2 Å². The lowest BCUT2D eigenvalue weighted by molar-refractivity contribution is -0.125. The number of hydrogen-bond donors (Lipinski definition) is 0. The normalized spacial score (nSPS) is 11.8. The van der Waals surface area contributed by atoms with Crippen molar-refractivity contribution >= 4 is 5.78 Å². The van der Waals surface area contributed by atoms with E-state index in [0.29, 0.717) is 11.1 Å². The number of Topliss-reactive ketones (excluding diaryl/α,β-unsaturated/α-hetero) is 1. The zero-order valence-corrected chi connectivity index (χ0v) is 11.2. The molecule has 0 aromatic heterocycles. The lowest BCUT2D eigenvalue weighted by Crippen LogP contribution is -2.18. The van der Waals surface area contributed by atoms with E-state index in [9.17, 15) is 18.0 Å². The van der Waals surface area contributed by atoms with Gasteiger partial charge >= 0.3 is 6.18 Å². The van der Waals surface area contributed by atoms with Crippen molar-refractivity contribution in [2.75, 3.05) is 0 Å². The van der Waals surface area contributed by atoms with Crippen LogP contribution in [0.3, 0.4) is 0 Å². The van der Waals surface area contributed by atoms with Gasteiger partial charge in [0.1, 0.15) is 6.42 Å². The molecule has 0 amide bonds. The summed E-state index contributed by atoms with van der Waals surface area (Å²) in [6.07, 6.45) is -5.85. The number of hydrogen-bond acceptors (Lipinski definition) is 1. The Balaban J connectivity index is 3.38. The highest BCUT2D eigenvalue weighted by molar-refractivity contribution is 6.00. The maximum Gasteiger partial charge on any atom is 0.396 e. The van der Waals surface area contributed by atoms with Crippen molar-refractivity contribution in [3.05, 3.63) is 33.4 Å². The Hall–Kier alpha value is -1.32. The molecule has 0 saturated heterocycles. The Bertz CT molecular complexity index is 470. The fourth-order valence-corrected chi connectivity index (χ4v) is 2.19. The molecule has 0 fully saturated rings. The molecule has 0 unspecified atom stereocenters. The monoisotopic (exact) mass is 258 g/mol. The van der Waals surface area contributed by atoms with Gasteiger partial charge in [-0.05, 0) is 62.4 Å². The summed E-state index contributed by atoms with van der Waals surface area (Å²) in [4.78, 5) is 11.8. The average Bonchev–Trinajstić information content (AvgIpc) is 2.21. The van der Waals surface area contributed by atoms with Crippen LogP contribution in [0.1, 0.15) is 44.6 Å². The van der Waals surface area contributed by atoms with Crippen LogP contribution in [0.25, 0.3) is 0 Å². The molecule has 0 aliphatic rings. The standard InChI is InChI=1S/C14H17F3O/c1-7-8(2)10(4)13(11(5)9(7)3)12(18)6-14(15,16)17/h6H2,1-5H3. The zero-order chi connectivity index (χ0) is 14.2. The topological polar surface area (TPSA) is 17.1 Å². The van der Waals surface area contributed by atoms with Gasteiger partial charge in [0.05, 0.1) is 0 Å². The molecular weight excluding hydrogens is 241 g/mol. The van der Waals surface area contributed by atoms with E-state index >= 15 is 0 Å². The second-order valence-electron chi connectivity index (χ2n) is 4.72. The van der Waals surface area contributed by atoms with Gasteiger partial charge in [0.25, 0.3) is 0 Å². The van der Waals surface area contributed by atoms with Crippen LogP contribution < -0.4 is 0 Å². The second kappa shape index (κ2) is 4.75. The fourth-order valence-electron chi connectivity index (χ4n) is 2.19. The van der Waals surface area contributed by atoms with E-state index in [4.69, 9.17) is 0 Å². The van der Waals surface area contributed by atoms with Crippen LogP contribution in [0.2, 0.25) is 0 Å². The third-order valence-electron chi connectivity index (χ3n) is 3.64. The Labute approximate surface area is 105 Å². The Morgan fingerprint density at radius 3 is 1.50 bits per heavy atom. The molecule has 0 heterocycles. The summed E-state index contributed by atoms with van der Waals surface area (Å²) in [5.74, 6) is -0.844. The van der Waals surface area contributed by atoms with E-state index in [0.717, 1.165) is 16.7 Å². The maximum absolute atomic E-state index is 12.3. The minimum atomic E-state index is -4.46. The number of alkyl halides is 3. The number of ketones is 1. The first kappa shape index (κ1) is 14.7. The molecule has 0 aliphatic carbocycles. The van der Waals surface area contributed by atoms with E-state index in [1.807, 2.05) is 20.8 Å². The van der Waals surface area contributed by atoms with E-state index in [1.54, 1.807) is 13.8 Å². The van der Waals surface area contributed by atoms with Gasteiger partial charge < -0.3 is 0 Å². The van der Waals surface area contributed by atoms with Gasteiger partial charge in [0.2, 0.25) is 0 Å². The van der Waals surface area contributed by atoms with Crippen LogP contribution in [0.5, 0.6) is 0 Å². The first-order valence-corrected chi connectivity index (χ1v) is 5.73. The molecule has 0 spiro atoms. The van der Waals surface area contributed by atoms with Crippen LogP contribution in [0, 0.1) is 34.6 Å². The molecule has 1 aromatic rings. The van der Waals surface area contributed by atoms with Crippen molar-refractivity contribution in [2.45, 2.75) is 47.2 Å². The average molecular weight is 258 g/mol. The first-order chi connectivity index (χ1) is 8.06. The summed E-state index contributed by atoms with van der Waals surface area (Å²) in [5.41, 5.74) is 4.36. The van der Waals surface area contributed by atoms with Crippen LogP contribution >= 0.6 is 0 Å². The highest BCUT2D eigenvalue weighted by Gasteiger charge is 2.33. The lowest BCUT2D eigenvalue weighted by Gasteiger charge is -2.18. The summed E-state index contributed by atoms with van der Waals surface area (Å²) in [5, 5.41) is 0. The largest absolute Gasteiger partial charge is 0.396 e. The van der Waals surface area contributed by atoms with E-state index in [1.165, 1.54) is 0 Å². The SMILES string of the molecule is Cc1c(C)c(C)c(C(=O)CC(F)(F)F)c(C)c1C. The highest BCUT2D eigenvalue weighted by atomic mass is 19.4. The van der Waals surface area contributed by atoms with Crippen molar-refractivity contribution in [3.8, 4) is 0 Å². The molecule has 4 heteroatoms. The van der Waals surface area contributed by atoms with Gasteiger partial charge in [-0.1, -0.05) is 0 Å². The molecule has 0 saturated carbocycles. The van der Waals surface area contributed by atoms with Gasteiger partial charge in [0, 0.05) is 5.56 Å². The Kier molecular flexibility index (Phi) is 3.89. The summed E-state index contributed by atoms with van der Waals surface area (Å²) in [6.45, 7) is 9.00. The first-order valence-electron chi connectivity index (χ1n) is 5.73. The minimum absolute atomic E-state index is 0.230. The molecular formula is C14H17F3O. The number of carbonyl (C=O) groups is 1. The molecule has 0 radical (unpaired) electrons. The van der Waals surface area contributed by atoms with Crippen molar-refractivity contribution < 1.29 is 18.0 Å². The summed E-state index contributed by atoms with van der Waals surface area (Å²) in [6, 6.07) is 0. The van der Waals surface area contributed by atoms with Gasteiger partial charge in [-0.25, -0.2) is 0 Å². The molecule has 0 N–H and O–H groups in total. The number of rotatable bonds is 2. The van der Waals surface area contributed by atoms with Crippen molar-refractivity contribution in [2.24, 2.45) is 0 Å². The van der Waals surface area contributed by atoms with Crippen LogP contribution in [0.4, 0.5) is 13.2 Å². The number of benzene rings is 1. The van der Waals surface area contributed by atoms with Crippen molar-refractivity contribution in [3.63, 3.8) is 0 Å². The van der Waals surface area contributed by atoms with E-state index in [-0.39, 0.29) is 5.56 Å².